The van der Waals surface area contributed by atoms with Crippen LogP contribution in [-0.2, 0) is 24.3 Å². The van der Waals surface area contributed by atoms with Crippen LogP contribution in [-0.4, -0.2) is 58.2 Å². The predicted molar refractivity (Wildman–Crippen MR) is 146 cm³/mol. The third-order valence-corrected chi connectivity index (χ3v) is 6.97. The average Bonchev–Trinajstić information content (AvgIpc) is 3.23. The quantitative estimate of drug-likeness (QED) is 0.485. The molecule has 0 atom stereocenters. The molecule has 1 N–H and O–H groups in total. The minimum absolute atomic E-state index is 0.0633. The molecule has 36 heavy (non-hydrogen) atoms. The Hall–Kier alpha value is -2.96. The molecule has 0 spiro atoms. The van der Waals surface area contributed by atoms with Crippen LogP contribution in [0.4, 0.5) is 0 Å². The smallest absolute Gasteiger partial charge is 0.234 e. The number of hydrogen-bond donors (Lipinski definition) is 1. The highest BCUT2D eigenvalue weighted by molar-refractivity contribution is 5.78. The van der Waals surface area contributed by atoms with Gasteiger partial charge in [-0.3, -0.25) is 14.6 Å². The van der Waals surface area contributed by atoms with Crippen molar-refractivity contribution in [2.45, 2.75) is 54.1 Å². The van der Waals surface area contributed by atoms with Crippen molar-refractivity contribution in [3.05, 3.63) is 82.2 Å². The fourth-order valence-corrected chi connectivity index (χ4v) is 5.15. The molecule has 6 nitrogen and oxygen atoms in total. The van der Waals surface area contributed by atoms with E-state index in [2.05, 4.69) is 80.1 Å². The molecule has 3 aromatic rings. The number of rotatable bonds is 9. The van der Waals surface area contributed by atoms with Crippen LogP contribution in [0.2, 0.25) is 0 Å². The average molecular weight is 488 g/mol. The second kappa shape index (κ2) is 11.8. The Bertz CT molecular complexity index is 1140. The first-order valence-corrected chi connectivity index (χ1v) is 13.2. The molecule has 0 aliphatic carbocycles. The van der Waals surface area contributed by atoms with Gasteiger partial charge in [0.2, 0.25) is 5.91 Å². The Morgan fingerprint density at radius 1 is 0.944 bits per heavy atom. The summed E-state index contributed by atoms with van der Waals surface area (Å²) in [6.07, 6.45) is 0.946. The number of nitrogens with zero attached hydrogens (tertiary/aromatic N) is 4. The van der Waals surface area contributed by atoms with Gasteiger partial charge in [-0.15, -0.1) is 0 Å². The van der Waals surface area contributed by atoms with E-state index in [0.29, 0.717) is 19.0 Å². The van der Waals surface area contributed by atoms with E-state index in [1.165, 1.54) is 27.9 Å². The lowest BCUT2D eigenvalue weighted by Gasteiger charge is -2.34. The summed E-state index contributed by atoms with van der Waals surface area (Å²) in [5.74, 6) is 0.595. The molecule has 6 heteroatoms. The van der Waals surface area contributed by atoms with Gasteiger partial charge >= 0.3 is 0 Å². The third-order valence-electron chi connectivity index (χ3n) is 6.97. The minimum atomic E-state index is 0.0633. The van der Waals surface area contributed by atoms with Crippen LogP contribution >= 0.6 is 0 Å². The molecule has 0 bridgehead atoms. The van der Waals surface area contributed by atoms with E-state index in [0.717, 1.165) is 50.5 Å². The maximum atomic E-state index is 12.7. The molecule has 0 unspecified atom stereocenters. The number of benzene rings is 2. The molecular formula is C30H41N5O. The largest absolute Gasteiger partial charge is 0.349 e. The van der Waals surface area contributed by atoms with Gasteiger partial charge in [-0.2, -0.15) is 5.10 Å². The normalized spacial score (nSPS) is 14.9. The summed E-state index contributed by atoms with van der Waals surface area (Å²) >= 11 is 0. The van der Waals surface area contributed by atoms with Crippen molar-refractivity contribution in [1.82, 2.24) is 24.9 Å². The summed E-state index contributed by atoms with van der Waals surface area (Å²) in [5, 5.41) is 7.90. The number of amides is 1. The Labute approximate surface area is 216 Å². The van der Waals surface area contributed by atoms with E-state index in [4.69, 9.17) is 5.10 Å². The predicted octanol–water partition coefficient (Wildman–Crippen LogP) is 4.43. The van der Waals surface area contributed by atoms with Gasteiger partial charge in [0.1, 0.15) is 0 Å². The van der Waals surface area contributed by atoms with Gasteiger partial charge in [-0.25, -0.2) is 4.68 Å². The van der Waals surface area contributed by atoms with Crippen molar-refractivity contribution in [2.75, 3.05) is 32.7 Å². The summed E-state index contributed by atoms with van der Waals surface area (Å²) in [6, 6.07) is 16.9. The van der Waals surface area contributed by atoms with E-state index in [9.17, 15) is 4.79 Å². The fraction of sp³-hybridized carbons (Fsp3) is 0.467. The number of nitrogens with one attached hydrogen (secondary N) is 1. The first-order chi connectivity index (χ1) is 17.3. The van der Waals surface area contributed by atoms with Crippen LogP contribution in [0.5, 0.6) is 0 Å². The van der Waals surface area contributed by atoms with Gasteiger partial charge in [-0.05, 0) is 68.0 Å². The molecule has 1 aromatic heterocycles. The van der Waals surface area contributed by atoms with Crippen molar-refractivity contribution in [1.29, 1.82) is 0 Å². The van der Waals surface area contributed by atoms with Crippen LogP contribution in [0.15, 0.2) is 48.5 Å². The van der Waals surface area contributed by atoms with E-state index >= 15 is 0 Å². The highest BCUT2D eigenvalue weighted by atomic mass is 16.2. The summed E-state index contributed by atoms with van der Waals surface area (Å²) in [7, 11) is 0. The molecule has 1 saturated heterocycles. The number of piperazine rings is 1. The van der Waals surface area contributed by atoms with Gasteiger partial charge in [0.25, 0.3) is 0 Å². The monoisotopic (exact) mass is 487 g/mol. The molecule has 1 amide bonds. The number of aryl methyl sites for hydroxylation is 3. The van der Waals surface area contributed by atoms with E-state index in [-0.39, 0.29) is 5.91 Å². The minimum Gasteiger partial charge on any atom is -0.349 e. The van der Waals surface area contributed by atoms with Crippen LogP contribution in [0, 0.1) is 26.7 Å². The first-order valence-electron chi connectivity index (χ1n) is 13.2. The van der Waals surface area contributed by atoms with Crippen LogP contribution in [0.25, 0.3) is 5.69 Å². The van der Waals surface area contributed by atoms with E-state index in [1.807, 2.05) is 22.9 Å². The summed E-state index contributed by atoms with van der Waals surface area (Å²) in [4.78, 5) is 17.5. The van der Waals surface area contributed by atoms with Crippen LogP contribution in [0.3, 0.4) is 0 Å². The highest BCUT2D eigenvalue weighted by Gasteiger charge is 2.20. The zero-order chi connectivity index (χ0) is 25.7. The number of aromatic nitrogens is 2. The number of carbonyl (C=O) groups excluding carboxylic acids is 1. The lowest BCUT2D eigenvalue weighted by Crippen LogP contribution is -2.49. The second-order valence-corrected chi connectivity index (χ2v) is 10.7. The fourth-order valence-electron chi connectivity index (χ4n) is 5.15. The number of hydrogen-bond acceptors (Lipinski definition) is 4. The molecule has 0 radical (unpaired) electrons. The topological polar surface area (TPSA) is 53.4 Å². The van der Waals surface area contributed by atoms with Crippen molar-refractivity contribution >= 4 is 5.91 Å². The number of para-hydroxylation sites is 1. The van der Waals surface area contributed by atoms with Gasteiger partial charge in [-0.1, -0.05) is 49.7 Å². The zero-order valence-corrected chi connectivity index (χ0v) is 22.6. The molecule has 192 valence electrons. The lowest BCUT2D eigenvalue weighted by atomic mass is 9.99. The Kier molecular flexibility index (Phi) is 8.60. The Morgan fingerprint density at radius 3 is 2.22 bits per heavy atom. The first kappa shape index (κ1) is 26.1. The molecule has 1 fully saturated rings. The van der Waals surface area contributed by atoms with Gasteiger partial charge in [0, 0.05) is 38.4 Å². The van der Waals surface area contributed by atoms with Crippen molar-refractivity contribution in [3.8, 4) is 5.69 Å². The van der Waals surface area contributed by atoms with Crippen molar-refractivity contribution in [3.63, 3.8) is 0 Å². The second-order valence-electron chi connectivity index (χ2n) is 10.7. The van der Waals surface area contributed by atoms with Gasteiger partial charge < -0.3 is 5.32 Å². The maximum Gasteiger partial charge on any atom is 0.234 e. The standard InChI is InChI=1S/C30H41N5O/c1-22(2)15-28-18-26(32-35(28)27-9-7-6-8-10-27)19-31-30(36)21-34-13-11-33(12-14-34)20-29-24(4)16-23(3)17-25(29)5/h6-10,16-18,22H,11-15,19-21H2,1-5H3,(H,31,36). The van der Waals surface area contributed by atoms with Crippen molar-refractivity contribution < 1.29 is 4.79 Å². The molecule has 0 saturated carbocycles. The molecule has 1 aliphatic rings. The van der Waals surface area contributed by atoms with E-state index < -0.39 is 0 Å². The Morgan fingerprint density at radius 2 is 1.58 bits per heavy atom. The van der Waals surface area contributed by atoms with Gasteiger partial charge in [0.15, 0.2) is 0 Å². The molecule has 2 heterocycles. The summed E-state index contributed by atoms with van der Waals surface area (Å²) in [6.45, 7) is 16.7. The zero-order valence-electron chi connectivity index (χ0n) is 22.6. The highest BCUT2D eigenvalue weighted by Crippen LogP contribution is 2.19. The SMILES string of the molecule is Cc1cc(C)c(CN2CCN(CC(=O)NCc3cc(CC(C)C)n(-c4ccccc4)n3)CC2)c(C)c1. The molecule has 4 rings (SSSR count). The number of carbonyl (C=O) groups is 1. The maximum absolute atomic E-state index is 12.7. The lowest BCUT2D eigenvalue weighted by molar-refractivity contribution is -0.122. The van der Waals surface area contributed by atoms with Crippen molar-refractivity contribution in [2.24, 2.45) is 5.92 Å². The van der Waals surface area contributed by atoms with Crippen LogP contribution < -0.4 is 5.32 Å². The van der Waals surface area contributed by atoms with Gasteiger partial charge in [0.05, 0.1) is 24.5 Å². The van der Waals surface area contributed by atoms with Crippen LogP contribution in [0.1, 0.15) is 47.5 Å². The molecule has 2 aromatic carbocycles. The summed E-state index contributed by atoms with van der Waals surface area (Å²) in [5.41, 5.74) is 8.65. The van der Waals surface area contributed by atoms with E-state index in [1.54, 1.807) is 0 Å². The Balaban J connectivity index is 1.27. The third kappa shape index (κ3) is 6.83. The summed E-state index contributed by atoms with van der Waals surface area (Å²) < 4.78 is 2.01. The molecular weight excluding hydrogens is 446 g/mol. The molecule has 1 aliphatic heterocycles.